The number of aliphatic hydroxyl groups is 1. The molecule has 2 N–H and O–H groups in total. The van der Waals surface area contributed by atoms with Crippen molar-refractivity contribution in [2.75, 3.05) is 13.2 Å². The van der Waals surface area contributed by atoms with Crippen molar-refractivity contribution in [3.8, 4) is 5.75 Å². The molecular weight excluding hydrogens is 262 g/mol. The number of rotatable bonds is 5. The van der Waals surface area contributed by atoms with E-state index >= 15 is 0 Å². The molecule has 21 heavy (non-hydrogen) atoms. The lowest BCUT2D eigenvalue weighted by Crippen LogP contribution is -3.20. The first kappa shape index (κ1) is 16.3. The number of aryl methyl sites for hydroxylation is 1. The Morgan fingerprint density at radius 3 is 2.57 bits per heavy atom. The van der Waals surface area contributed by atoms with Crippen molar-refractivity contribution in [3.05, 3.63) is 29.3 Å². The largest absolute Gasteiger partial charge is 0.490 e. The lowest BCUT2D eigenvalue weighted by molar-refractivity contribution is -0.954. The smallest absolute Gasteiger partial charge is 0.137 e. The van der Waals surface area contributed by atoms with Gasteiger partial charge in [-0.05, 0) is 64.2 Å². The molecule has 0 aromatic heterocycles. The van der Waals surface area contributed by atoms with Gasteiger partial charge in [0.05, 0.1) is 12.1 Å². The Balaban J connectivity index is 1.87. The minimum absolute atomic E-state index is 0.382. The number of aliphatic hydroxyl groups excluding tert-OH is 1. The summed E-state index contributed by atoms with van der Waals surface area (Å²) in [7, 11) is 0. The zero-order valence-corrected chi connectivity index (χ0v) is 13.9. The summed E-state index contributed by atoms with van der Waals surface area (Å²) in [5, 5.41) is 10.3. The highest BCUT2D eigenvalue weighted by molar-refractivity contribution is 5.38. The van der Waals surface area contributed by atoms with Crippen LogP contribution in [-0.2, 0) is 0 Å². The third-order valence-electron chi connectivity index (χ3n) is 5.00. The summed E-state index contributed by atoms with van der Waals surface area (Å²) in [5.41, 5.74) is 2.39. The van der Waals surface area contributed by atoms with Gasteiger partial charge in [0.15, 0.2) is 0 Å². The van der Waals surface area contributed by atoms with E-state index in [0.717, 1.165) is 17.9 Å². The zero-order chi connectivity index (χ0) is 15.4. The highest BCUT2D eigenvalue weighted by Gasteiger charge is 2.30. The Morgan fingerprint density at radius 1 is 1.24 bits per heavy atom. The molecule has 1 aromatic carbocycles. The second kappa shape index (κ2) is 7.28. The number of likely N-dealkylation sites (tertiary alicyclic amines) is 1. The summed E-state index contributed by atoms with van der Waals surface area (Å²) in [6.45, 7) is 9.91. The standard InChI is InChI=1S/C18H29NO2/c1-13-7-5-10-18(16(13)4)21-12-17(20)11-19-14(2)8-6-9-15(19)3/h5,7,10,14-15,17,20H,6,8-9,11-12H2,1-4H3/p+1/t14-,15-,17+/m0/s1. The lowest BCUT2D eigenvalue weighted by Gasteiger charge is -2.36. The normalized spacial score (nSPS) is 24.8. The maximum absolute atomic E-state index is 10.3. The first-order chi connectivity index (χ1) is 9.99. The average Bonchev–Trinajstić information content (AvgIpc) is 2.45. The van der Waals surface area contributed by atoms with Crippen LogP contribution in [0.25, 0.3) is 0 Å². The van der Waals surface area contributed by atoms with Crippen LogP contribution in [0.3, 0.4) is 0 Å². The molecule has 0 unspecified atom stereocenters. The van der Waals surface area contributed by atoms with E-state index in [1.165, 1.54) is 29.7 Å². The molecule has 0 amide bonds. The molecule has 1 heterocycles. The maximum Gasteiger partial charge on any atom is 0.137 e. The molecule has 1 aromatic rings. The summed E-state index contributed by atoms with van der Waals surface area (Å²) in [5.74, 6) is 0.892. The first-order valence-corrected chi connectivity index (χ1v) is 8.21. The van der Waals surface area contributed by atoms with Gasteiger partial charge in [-0.15, -0.1) is 0 Å². The van der Waals surface area contributed by atoms with Crippen molar-refractivity contribution in [1.29, 1.82) is 0 Å². The van der Waals surface area contributed by atoms with Crippen LogP contribution in [-0.4, -0.2) is 36.4 Å². The minimum Gasteiger partial charge on any atom is -0.490 e. The third-order valence-corrected chi connectivity index (χ3v) is 5.00. The van der Waals surface area contributed by atoms with Gasteiger partial charge in [-0.2, -0.15) is 0 Å². The van der Waals surface area contributed by atoms with E-state index in [1.54, 1.807) is 0 Å². The maximum atomic E-state index is 10.3. The van der Waals surface area contributed by atoms with Crippen LogP contribution in [0.4, 0.5) is 0 Å². The number of hydrogen-bond donors (Lipinski definition) is 2. The fourth-order valence-corrected chi connectivity index (χ4v) is 3.39. The minimum atomic E-state index is -0.400. The van der Waals surface area contributed by atoms with Gasteiger partial charge in [0.1, 0.15) is 25.0 Å². The summed E-state index contributed by atoms with van der Waals surface area (Å²) in [6, 6.07) is 7.35. The number of quaternary nitrogens is 1. The molecule has 0 spiro atoms. The molecule has 3 heteroatoms. The molecule has 1 aliphatic rings. The van der Waals surface area contributed by atoms with Gasteiger partial charge >= 0.3 is 0 Å². The number of benzene rings is 1. The third kappa shape index (κ3) is 4.21. The molecule has 0 aliphatic carbocycles. The molecule has 118 valence electrons. The summed E-state index contributed by atoms with van der Waals surface area (Å²) >= 11 is 0. The fraction of sp³-hybridized carbons (Fsp3) is 0.667. The van der Waals surface area contributed by atoms with Crippen molar-refractivity contribution >= 4 is 0 Å². The molecule has 1 aliphatic heterocycles. The van der Waals surface area contributed by atoms with Gasteiger partial charge in [-0.3, -0.25) is 0 Å². The first-order valence-electron chi connectivity index (χ1n) is 8.21. The Labute approximate surface area is 128 Å². The van der Waals surface area contributed by atoms with E-state index in [1.807, 2.05) is 12.1 Å². The van der Waals surface area contributed by atoms with Gasteiger partial charge in [-0.25, -0.2) is 0 Å². The van der Waals surface area contributed by atoms with Crippen molar-refractivity contribution < 1.29 is 14.7 Å². The van der Waals surface area contributed by atoms with Gasteiger partial charge in [-0.1, -0.05) is 12.1 Å². The Hall–Kier alpha value is -1.06. The Morgan fingerprint density at radius 2 is 1.90 bits per heavy atom. The molecular formula is C18H30NO2+. The zero-order valence-electron chi connectivity index (χ0n) is 13.9. The monoisotopic (exact) mass is 292 g/mol. The molecule has 1 fully saturated rings. The fourth-order valence-electron chi connectivity index (χ4n) is 3.39. The Kier molecular flexibility index (Phi) is 5.65. The van der Waals surface area contributed by atoms with Crippen LogP contribution < -0.4 is 9.64 Å². The van der Waals surface area contributed by atoms with Crippen molar-refractivity contribution in [2.24, 2.45) is 0 Å². The van der Waals surface area contributed by atoms with Crippen LogP contribution in [0, 0.1) is 13.8 Å². The van der Waals surface area contributed by atoms with Crippen molar-refractivity contribution in [1.82, 2.24) is 0 Å². The van der Waals surface area contributed by atoms with Crippen LogP contribution in [0.1, 0.15) is 44.2 Å². The summed E-state index contributed by atoms with van der Waals surface area (Å²) < 4.78 is 5.83. The highest BCUT2D eigenvalue weighted by atomic mass is 16.5. The van der Waals surface area contributed by atoms with Gasteiger partial charge in [0.2, 0.25) is 0 Å². The van der Waals surface area contributed by atoms with E-state index in [0.29, 0.717) is 18.7 Å². The summed E-state index contributed by atoms with van der Waals surface area (Å²) in [4.78, 5) is 1.53. The van der Waals surface area contributed by atoms with E-state index in [9.17, 15) is 5.11 Å². The lowest BCUT2D eigenvalue weighted by atomic mass is 9.97. The number of piperidine rings is 1. The number of ether oxygens (including phenoxy) is 1. The average molecular weight is 292 g/mol. The van der Waals surface area contributed by atoms with Gasteiger partial charge in [0, 0.05) is 0 Å². The van der Waals surface area contributed by atoms with Gasteiger partial charge in [0.25, 0.3) is 0 Å². The Bertz CT molecular complexity index is 451. The van der Waals surface area contributed by atoms with E-state index < -0.39 is 6.10 Å². The van der Waals surface area contributed by atoms with E-state index in [4.69, 9.17) is 4.74 Å². The van der Waals surface area contributed by atoms with Gasteiger partial charge < -0.3 is 14.7 Å². The predicted molar refractivity (Wildman–Crippen MR) is 86.0 cm³/mol. The SMILES string of the molecule is Cc1cccc(OC[C@H](O)C[NH+]2[C@@H](C)CCC[C@@H]2C)c1C. The van der Waals surface area contributed by atoms with Crippen molar-refractivity contribution in [3.63, 3.8) is 0 Å². The van der Waals surface area contributed by atoms with Crippen LogP contribution in [0.15, 0.2) is 18.2 Å². The highest BCUT2D eigenvalue weighted by Crippen LogP contribution is 2.20. The molecule has 3 atom stereocenters. The number of nitrogens with one attached hydrogen (secondary N) is 1. The van der Waals surface area contributed by atoms with Crippen molar-refractivity contribution in [2.45, 2.75) is 65.1 Å². The number of hydrogen-bond acceptors (Lipinski definition) is 2. The van der Waals surface area contributed by atoms with E-state index in [2.05, 4.69) is 33.8 Å². The van der Waals surface area contributed by atoms with Crippen LogP contribution in [0.2, 0.25) is 0 Å². The molecule has 0 radical (unpaired) electrons. The summed E-state index contributed by atoms with van der Waals surface area (Å²) in [6.07, 6.45) is 3.46. The molecule has 3 nitrogen and oxygen atoms in total. The van der Waals surface area contributed by atoms with Crippen LogP contribution >= 0.6 is 0 Å². The molecule has 0 saturated carbocycles. The predicted octanol–water partition coefficient (Wildman–Crippen LogP) is 1.89. The second-order valence-electron chi connectivity index (χ2n) is 6.67. The molecule has 2 rings (SSSR count). The quantitative estimate of drug-likeness (QED) is 0.869. The van der Waals surface area contributed by atoms with Crippen LogP contribution in [0.5, 0.6) is 5.75 Å². The second-order valence-corrected chi connectivity index (χ2v) is 6.67. The topological polar surface area (TPSA) is 33.9 Å². The molecule has 0 bridgehead atoms. The van der Waals surface area contributed by atoms with E-state index in [-0.39, 0.29) is 0 Å². The molecule has 1 saturated heterocycles.